The first-order valence-electron chi connectivity index (χ1n) is 6.80. The zero-order valence-corrected chi connectivity index (χ0v) is 14.3. The van der Waals surface area contributed by atoms with Crippen LogP contribution < -0.4 is 14.8 Å². The van der Waals surface area contributed by atoms with Gasteiger partial charge in [-0.25, -0.2) is 4.98 Å². The Hall–Kier alpha value is -2.35. The maximum absolute atomic E-state index is 11.0. The van der Waals surface area contributed by atoms with E-state index < -0.39 is 4.92 Å². The Kier molecular flexibility index (Phi) is 5.75. The second-order valence-corrected chi connectivity index (χ2v) is 5.56. The molecule has 1 N–H and O–H groups in total. The molecule has 1 aromatic carbocycles. The summed E-state index contributed by atoms with van der Waals surface area (Å²) < 4.78 is 11.0. The fourth-order valence-electron chi connectivity index (χ4n) is 2.07. The Bertz CT molecular complexity index is 709. The number of hydrogen-bond donors (Lipinski definition) is 1. The largest absolute Gasteiger partial charge is 0.493 e. The Labute approximate surface area is 141 Å². The smallest absolute Gasteiger partial charge is 0.312 e. The van der Waals surface area contributed by atoms with Crippen LogP contribution in [-0.2, 0) is 6.42 Å². The van der Waals surface area contributed by atoms with Gasteiger partial charge >= 0.3 is 5.69 Å². The maximum Gasteiger partial charge on any atom is 0.312 e. The minimum Gasteiger partial charge on any atom is -0.493 e. The number of halogens is 1. The van der Waals surface area contributed by atoms with Crippen LogP contribution in [0.15, 0.2) is 34.9 Å². The van der Waals surface area contributed by atoms with Crippen LogP contribution in [0.25, 0.3) is 0 Å². The summed E-state index contributed by atoms with van der Waals surface area (Å²) in [6.45, 7) is 0.505. The molecule has 7 nitrogen and oxygen atoms in total. The van der Waals surface area contributed by atoms with Crippen molar-refractivity contribution in [3.8, 4) is 11.5 Å². The number of methoxy groups -OCH3 is 2. The zero-order valence-electron chi connectivity index (χ0n) is 12.7. The van der Waals surface area contributed by atoms with Crippen LogP contribution in [0.5, 0.6) is 11.5 Å². The molecule has 0 bridgehead atoms. The number of aromatic nitrogens is 1. The fraction of sp³-hybridized carbons (Fsp3) is 0.267. The lowest BCUT2D eigenvalue weighted by atomic mass is 10.1. The average Bonchev–Trinajstić information content (AvgIpc) is 2.55. The molecule has 8 heteroatoms. The molecule has 0 radical (unpaired) electrons. The molecule has 0 aliphatic heterocycles. The van der Waals surface area contributed by atoms with Crippen molar-refractivity contribution in [3.63, 3.8) is 0 Å². The minimum atomic E-state index is -0.462. The molecule has 23 heavy (non-hydrogen) atoms. The van der Waals surface area contributed by atoms with Crippen molar-refractivity contribution in [1.29, 1.82) is 0 Å². The molecule has 0 spiro atoms. The lowest BCUT2D eigenvalue weighted by Gasteiger charge is -2.10. The molecule has 0 atom stereocenters. The number of hydrogen-bond acceptors (Lipinski definition) is 6. The predicted molar refractivity (Wildman–Crippen MR) is 90.3 cm³/mol. The summed E-state index contributed by atoms with van der Waals surface area (Å²) in [6, 6.07) is 7.05. The van der Waals surface area contributed by atoms with Crippen molar-refractivity contribution in [1.82, 2.24) is 4.98 Å². The second-order valence-electron chi connectivity index (χ2n) is 4.64. The molecule has 122 valence electrons. The number of nitrogens with zero attached hydrogens (tertiary/aromatic N) is 2. The maximum atomic E-state index is 11.0. The summed E-state index contributed by atoms with van der Waals surface area (Å²) in [5.41, 5.74) is 0.960. The Morgan fingerprint density at radius 3 is 2.65 bits per heavy atom. The Morgan fingerprint density at radius 2 is 2.00 bits per heavy atom. The van der Waals surface area contributed by atoms with E-state index in [-0.39, 0.29) is 11.5 Å². The molecule has 0 saturated carbocycles. The van der Waals surface area contributed by atoms with Gasteiger partial charge in [-0.2, -0.15) is 0 Å². The predicted octanol–water partition coefficient (Wildman–Crippen LogP) is 3.42. The van der Waals surface area contributed by atoms with E-state index in [4.69, 9.17) is 9.47 Å². The highest BCUT2D eigenvalue weighted by Crippen LogP contribution is 2.28. The van der Waals surface area contributed by atoms with Gasteiger partial charge in [0.05, 0.1) is 19.1 Å². The van der Waals surface area contributed by atoms with Gasteiger partial charge in [0.15, 0.2) is 11.5 Å². The highest BCUT2D eigenvalue weighted by molar-refractivity contribution is 9.10. The summed E-state index contributed by atoms with van der Waals surface area (Å²) in [6.07, 6.45) is 2.18. The number of rotatable bonds is 7. The summed E-state index contributed by atoms with van der Waals surface area (Å²) in [5.74, 6) is 1.56. The molecule has 0 unspecified atom stereocenters. The molecular formula is C15H16BrN3O4. The number of benzene rings is 1. The molecule has 0 aliphatic carbocycles. The third kappa shape index (κ3) is 4.32. The molecular weight excluding hydrogens is 366 g/mol. The van der Waals surface area contributed by atoms with Crippen LogP contribution >= 0.6 is 15.9 Å². The first kappa shape index (κ1) is 17.0. The summed E-state index contributed by atoms with van der Waals surface area (Å²) in [5, 5.41) is 14.0. The second kappa shape index (κ2) is 7.77. The van der Waals surface area contributed by atoms with Gasteiger partial charge < -0.3 is 14.8 Å². The van der Waals surface area contributed by atoms with Crippen molar-refractivity contribution in [3.05, 3.63) is 50.6 Å². The number of anilines is 1. The molecule has 0 amide bonds. The van der Waals surface area contributed by atoms with E-state index in [1.807, 2.05) is 18.2 Å². The quantitative estimate of drug-likeness (QED) is 0.583. The highest BCUT2D eigenvalue weighted by atomic mass is 79.9. The van der Waals surface area contributed by atoms with Crippen molar-refractivity contribution >= 4 is 27.4 Å². The molecule has 1 heterocycles. The number of pyridine rings is 1. The monoisotopic (exact) mass is 381 g/mol. The van der Waals surface area contributed by atoms with Crippen molar-refractivity contribution in [2.45, 2.75) is 6.42 Å². The summed E-state index contributed by atoms with van der Waals surface area (Å²) in [4.78, 5) is 14.6. The van der Waals surface area contributed by atoms with Crippen molar-refractivity contribution < 1.29 is 14.4 Å². The fourth-order valence-corrected chi connectivity index (χ4v) is 2.38. The molecule has 2 aromatic rings. The minimum absolute atomic E-state index is 0.0633. The van der Waals surface area contributed by atoms with Crippen LogP contribution in [0.2, 0.25) is 0 Å². The van der Waals surface area contributed by atoms with Gasteiger partial charge in [0.1, 0.15) is 0 Å². The van der Waals surface area contributed by atoms with E-state index >= 15 is 0 Å². The van der Waals surface area contributed by atoms with Crippen LogP contribution in [0, 0.1) is 10.1 Å². The highest BCUT2D eigenvalue weighted by Gasteiger charge is 2.15. The van der Waals surface area contributed by atoms with E-state index in [0.29, 0.717) is 28.9 Å². The Balaban J connectivity index is 2.04. The van der Waals surface area contributed by atoms with E-state index in [0.717, 1.165) is 5.56 Å². The van der Waals surface area contributed by atoms with E-state index in [1.54, 1.807) is 14.2 Å². The lowest BCUT2D eigenvalue weighted by Crippen LogP contribution is -2.08. The van der Waals surface area contributed by atoms with Crippen LogP contribution in [0.3, 0.4) is 0 Å². The molecule has 0 fully saturated rings. The number of ether oxygens (including phenoxy) is 2. The standard InChI is InChI=1S/C15H16BrN3O4/c1-22-13-4-3-10(7-14(13)23-2)5-6-17-15-12(19(20)21)8-11(16)9-18-15/h3-4,7-9H,5-6H2,1-2H3,(H,17,18). The topological polar surface area (TPSA) is 86.5 Å². The third-order valence-electron chi connectivity index (χ3n) is 3.18. The molecule has 0 saturated heterocycles. The zero-order chi connectivity index (χ0) is 16.8. The van der Waals surface area contributed by atoms with Gasteiger partial charge in [0, 0.05) is 23.3 Å². The van der Waals surface area contributed by atoms with Gasteiger partial charge in [-0.3, -0.25) is 10.1 Å². The van der Waals surface area contributed by atoms with E-state index in [2.05, 4.69) is 26.2 Å². The average molecular weight is 382 g/mol. The summed E-state index contributed by atoms with van der Waals surface area (Å²) in [7, 11) is 3.16. The Morgan fingerprint density at radius 1 is 1.26 bits per heavy atom. The van der Waals surface area contributed by atoms with Crippen molar-refractivity contribution in [2.75, 3.05) is 26.1 Å². The van der Waals surface area contributed by atoms with Gasteiger partial charge in [-0.15, -0.1) is 0 Å². The third-order valence-corrected chi connectivity index (χ3v) is 3.62. The molecule has 2 rings (SSSR count). The van der Waals surface area contributed by atoms with E-state index in [9.17, 15) is 10.1 Å². The van der Waals surface area contributed by atoms with Gasteiger partial charge in [0.25, 0.3) is 0 Å². The molecule has 0 aliphatic rings. The first-order valence-corrected chi connectivity index (χ1v) is 7.59. The first-order chi connectivity index (χ1) is 11.0. The van der Waals surface area contributed by atoms with Crippen LogP contribution in [-0.4, -0.2) is 30.7 Å². The van der Waals surface area contributed by atoms with Crippen LogP contribution in [0.4, 0.5) is 11.5 Å². The van der Waals surface area contributed by atoms with Crippen LogP contribution in [0.1, 0.15) is 5.56 Å². The lowest BCUT2D eigenvalue weighted by molar-refractivity contribution is -0.384. The SMILES string of the molecule is COc1ccc(CCNc2ncc(Br)cc2[N+](=O)[O-])cc1OC. The summed E-state index contributed by atoms with van der Waals surface area (Å²) >= 11 is 3.18. The van der Waals surface area contributed by atoms with Gasteiger partial charge in [0.2, 0.25) is 5.82 Å². The van der Waals surface area contributed by atoms with Gasteiger partial charge in [-0.1, -0.05) is 6.07 Å². The number of nitro groups is 1. The van der Waals surface area contributed by atoms with Gasteiger partial charge in [-0.05, 0) is 40.0 Å². The normalized spacial score (nSPS) is 10.2. The number of nitrogens with one attached hydrogen (secondary N) is 1. The van der Waals surface area contributed by atoms with E-state index in [1.165, 1.54) is 12.3 Å². The molecule has 1 aromatic heterocycles. The van der Waals surface area contributed by atoms with Crippen molar-refractivity contribution in [2.24, 2.45) is 0 Å².